The number of rotatable bonds is 4. The summed E-state index contributed by atoms with van der Waals surface area (Å²) in [6.45, 7) is 3.27. The van der Waals surface area contributed by atoms with Crippen LogP contribution in [-0.2, 0) is 10.0 Å². The Morgan fingerprint density at radius 1 is 1.35 bits per heavy atom. The molecule has 0 aliphatic carbocycles. The molecule has 1 aliphatic heterocycles. The molecule has 20 heavy (non-hydrogen) atoms. The fraction of sp³-hybridized carbons (Fsp3) is 0.538. The molecule has 0 spiro atoms. The van der Waals surface area contributed by atoms with Crippen molar-refractivity contribution in [1.29, 1.82) is 0 Å². The van der Waals surface area contributed by atoms with Crippen molar-refractivity contribution in [2.75, 3.05) is 19.6 Å². The van der Waals surface area contributed by atoms with E-state index >= 15 is 0 Å². The zero-order chi connectivity index (χ0) is 14.8. The van der Waals surface area contributed by atoms with Gasteiger partial charge in [0.1, 0.15) is 16.5 Å². The zero-order valence-corrected chi connectivity index (χ0v) is 12.1. The fourth-order valence-corrected chi connectivity index (χ4v) is 3.42. The van der Waals surface area contributed by atoms with Crippen molar-refractivity contribution in [2.45, 2.75) is 24.7 Å². The van der Waals surface area contributed by atoms with Crippen LogP contribution in [0.4, 0.5) is 8.78 Å². The summed E-state index contributed by atoms with van der Waals surface area (Å²) >= 11 is 0. The second-order valence-corrected chi connectivity index (χ2v) is 6.83. The Morgan fingerprint density at radius 3 is 2.75 bits per heavy atom. The van der Waals surface area contributed by atoms with Crippen molar-refractivity contribution in [2.24, 2.45) is 5.92 Å². The van der Waals surface area contributed by atoms with Crippen molar-refractivity contribution in [3.05, 3.63) is 29.3 Å². The van der Waals surface area contributed by atoms with Crippen molar-refractivity contribution < 1.29 is 17.2 Å². The average molecular weight is 304 g/mol. The van der Waals surface area contributed by atoms with Gasteiger partial charge < -0.3 is 5.32 Å². The van der Waals surface area contributed by atoms with Gasteiger partial charge in [-0.25, -0.2) is 21.9 Å². The van der Waals surface area contributed by atoms with Gasteiger partial charge in [0.15, 0.2) is 0 Å². The van der Waals surface area contributed by atoms with Crippen LogP contribution >= 0.6 is 0 Å². The maximum absolute atomic E-state index is 13.7. The smallest absolute Gasteiger partial charge is 0.243 e. The molecule has 7 heteroatoms. The van der Waals surface area contributed by atoms with Gasteiger partial charge in [-0.1, -0.05) is 0 Å². The van der Waals surface area contributed by atoms with Crippen molar-refractivity contribution in [3.8, 4) is 0 Å². The first-order chi connectivity index (χ1) is 9.40. The Morgan fingerprint density at radius 2 is 2.10 bits per heavy atom. The van der Waals surface area contributed by atoms with Gasteiger partial charge in [-0.05, 0) is 56.5 Å². The highest BCUT2D eigenvalue weighted by Gasteiger charge is 2.23. The molecule has 0 unspecified atom stereocenters. The minimum atomic E-state index is -4.02. The lowest BCUT2D eigenvalue weighted by Gasteiger charge is -2.22. The van der Waals surface area contributed by atoms with Crippen LogP contribution in [0.25, 0.3) is 0 Å². The molecule has 0 radical (unpaired) electrons. The normalized spacial score (nSPS) is 20.1. The van der Waals surface area contributed by atoms with Gasteiger partial charge in [0, 0.05) is 6.54 Å². The lowest BCUT2D eigenvalue weighted by atomic mass is 10.0. The quantitative estimate of drug-likeness (QED) is 0.887. The minimum absolute atomic E-state index is 0.0814. The third-order valence-electron chi connectivity index (χ3n) is 3.46. The summed E-state index contributed by atoms with van der Waals surface area (Å²) in [7, 11) is -4.02. The highest BCUT2D eigenvalue weighted by atomic mass is 32.2. The first-order valence-corrected chi connectivity index (χ1v) is 8.04. The molecule has 1 aliphatic rings. The maximum Gasteiger partial charge on any atom is 0.243 e. The second kappa shape index (κ2) is 6.15. The van der Waals surface area contributed by atoms with Gasteiger partial charge >= 0.3 is 0 Å². The Bertz CT molecular complexity index is 584. The monoisotopic (exact) mass is 304 g/mol. The van der Waals surface area contributed by atoms with E-state index in [0.29, 0.717) is 0 Å². The molecule has 112 valence electrons. The van der Waals surface area contributed by atoms with Crippen molar-refractivity contribution in [3.63, 3.8) is 0 Å². The molecule has 1 heterocycles. The summed E-state index contributed by atoms with van der Waals surface area (Å²) in [6.07, 6.45) is 1.90. The third-order valence-corrected chi connectivity index (χ3v) is 4.90. The average Bonchev–Trinajstić information content (AvgIpc) is 2.42. The summed E-state index contributed by atoms with van der Waals surface area (Å²) in [5, 5.41) is 3.17. The van der Waals surface area contributed by atoms with Crippen LogP contribution in [0.2, 0.25) is 0 Å². The van der Waals surface area contributed by atoms with E-state index < -0.39 is 26.6 Å². The van der Waals surface area contributed by atoms with Crippen LogP contribution in [0.3, 0.4) is 0 Å². The largest absolute Gasteiger partial charge is 0.316 e. The molecule has 1 aromatic carbocycles. The van der Waals surface area contributed by atoms with Gasteiger partial charge in [-0.15, -0.1) is 0 Å². The number of benzene rings is 1. The van der Waals surface area contributed by atoms with E-state index in [4.69, 9.17) is 0 Å². The van der Waals surface area contributed by atoms with Gasteiger partial charge in [-0.3, -0.25) is 0 Å². The van der Waals surface area contributed by atoms with E-state index in [0.717, 1.165) is 38.1 Å². The molecule has 4 nitrogen and oxygen atoms in total. The molecule has 2 N–H and O–H groups in total. The second-order valence-electron chi connectivity index (χ2n) is 5.10. The van der Waals surface area contributed by atoms with E-state index in [1.807, 2.05) is 0 Å². The van der Waals surface area contributed by atoms with Crippen molar-refractivity contribution >= 4 is 10.0 Å². The summed E-state index contributed by atoms with van der Waals surface area (Å²) in [5.74, 6) is -1.49. The molecule has 0 bridgehead atoms. The molecule has 0 amide bonds. The molecule has 1 atom stereocenters. The zero-order valence-electron chi connectivity index (χ0n) is 11.2. The van der Waals surface area contributed by atoms with Gasteiger partial charge in [-0.2, -0.15) is 0 Å². The molecular weight excluding hydrogens is 286 g/mol. The van der Waals surface area contributed by atoms with Crippen LogP contribution < -0.4 is 10.0 Å². The van der Waals surface area contributed by atoms with E-state index in [-0.39, 0.29) is 18.0 Å². The number of sulfonamides is 1. The number of nitrogens with one attached hydrogen (secondary N) is 2. The van der Waals surface area contributed by atoms with Crippen LogP contribution in [0.5, 0.6) is 0 Å². The first-order valence-electron chi connectivity index (χ1n) is 6.56. The van der Waals surface area contributed by atoms with E-state index in [1.54, 1.807) is 0 Å². The first kappa shape index (κ1) is 15.3. The van der Waals surface area contributed by atoms with E-state index in [9.17, 15) is 17.2 Å². The molecule has 1 aromatic rings. The summed E-state index contributed by atoms with van der Waals surface area (Å²) in [4.78, 5) is -0.635. The van der Waals surface area contributed by atoms with Crippen LogP contribution in [0.1, 0.15) is 18.4 Å². The van der Waals surface area contributed by atoms with E-state index in [2.05, 4.69) is 10.0 Å². The molecule has 0 aromatic heterocycles. The molecule has 1 fully saturated rings. The van der Waals surface area contributed by atoms with Gasteiger partial charge in [0.2, 0.25) is 10.0 Å². The fourth-order valence-electron chi connectivity index (χ4n) is 2.24. The summed E-state index contributed by atoms with van der Waals surface area (Å²) in [5.41, 5.74) is 0.0814. The van der Waals surface area contributed by atoms with Crippen LogP contribution in [0, 0.1) is 24.5 Å². The highest BCUT2D eigenvalue weighted by Crippen LogP contribution is 2.19. The number of piperidine rings is 1. The predicted molar refractivity (Wildman–Crippen MR) is 71.9 cm³/mol. The van der Waals surface area contributed by atoms with Crippen molar-refractivity contribution in [1.82, 2.24) is 10.0 Å². The highest BCUT2D eigenvalue weighted by molar-refractivity contribution is 7.89. The van der Waals surface area contributed by atoms with Crippen LogP contribution in [0.15, 0.2) is 17.0 Å². The topological polar surface area (TPSA) is 58.2 Å². The number of aryl methyl sites for hydroxylation is 1. The molecule has 1 saturated heterocycles. The van der Waals surface area contributed by atoms with Gasteiger partial charge in [0.05, 0.1) is 0 Å². The maximum atomic E-state index is 13.7. The lowest BCUT2D eigenvalue weighted by molar-refractivity contribution is 0.375. The minimum Gasteiger partial charge on any atom is -0.316 e. The van der Waals surface area contributed by atoms with Crippen LogP contribution in [-0.4, -0.2) is 28.1 Å². The molecule has 2 rings (SSSR count). The Kier molecular flexibility index (Phi) is 4.72. The standard InChI is InChI=1S/C13H18F2N2O2S/c1-9-5-12(15)13(6-11(9)14)20(18,19)17-8-10-3-2-4-16-7-10/h5-6,10,16-17H,2-4,7-8H2,1H3/t10-/m1/s1. The summed E-state index contributed by atoms with van der Waals surface area (Å²) in [6, 6.07) is 1.62. The third kappa shape index (κ3) is 3.53. The Balaban J connectivity index is 2.11. The number of hydrogen-bond donors (Lipinski definition) is 2. The SMILES string of the molecule is Cc1cc(F)c(S(=O)(=O)NC[C@@H]2CCCNC2)cc1F. The molecular formula is C13H18F2N2O2S. The Labute approximate surface area is 117 Å². The Hall–Kier alpha value is -1.05. The van der Waals surface area contributed by atoms with E-state index in [1.165, 1.54) is 6.92 Å². The van der Waals surface area contributed by atoms with Gasteiger partial charge in [0.25, 0.3) is 0 Å². The summed E-state index contributed by atoms with van der Waals surface area (Å²) < 4.78 is 53.5. The predicted octanol–water partition coefficient (Wildman–Crippen LogP) is 1.55. The molecule has 0 saturated carbocycles. The number of hydrogen-bond acceptors (Lipinski definition) is 3. The lowest BCUT2D eigenvalue weighted by Crippen LogP contribution is -2.38. The number of halogens is 2.